The van der Waals surface area contributed by atoms with Gasteiger partial charge in [-0.2, -0.15) is 4.31 Å². The first-order valence-electron chi connectivity index (χ1n) is 6.42. The number of aliphatic hydroxyl groups is 1. The molecule has 1 fully saturated rings. The number of hydrogen-bond acceptors (Lipinski definition) is 3. The van der Waals surface area contributed by atoms with E-state index in [4.69, 9.17) is 5.11 Å². The van der Waals surface area contributed by atoms with Gasteiger partial charge in [-0.25, -0.2) is 8.42 Å². The van der Waals surface area contributed by atoms with E-state index in [-0.39, 0.29) is 24.1 Å². The Morgan fingerprint density at radius 1 is 1.33 bits per heavy atom. The first kappa shape index (κ1) is 13.6. The van der Waals surface area contributed by atoms with E-state index in [1.165, 1.54) is 16.9 Å². The number of nitrogens with zero attached hydrogens (tertiary/aromatic N) is 1. The monoisotopic (exact) mass is 272 g/mol. The van der Waals surface area contributed by atoms with Crippen molar-refractivity contribution in [2.75, 3.05) is 13.2 Å². The fraction of sp³-hybridized carbons (Fsp3) is 0.667. The van der Waals surface area contributed by atoms with Crippen LogP contribution in [-0.4, -0.2) is 42.0 Å². The summed E-state index contributed by atoms with van der Waals surface area (Å²) in [5.41, 5.74) is 0. The molecule has 0 unspecified atom stereocenters. The average Bonchev–Trinajstić information content (AvgIpc) is 2.91. The third-order valence-electron chi connectivity index (χ3n) is 3.48. The maximum atomic E-state index is 12.5. The fourth-order valence-corrected chi connectivity index (χ4v) is 4.22. The van der Waals surface area contributed by atoms with Gasteiger partial charge in [0, 0.05) is 25.0 Å². The number of hydrogen-bond donors (Lipinski definition) is 2. The Balaban J connectivity index is 2.23. The van der Waals surface area contributed by atoms with E-state index in [0.717, 1.165) is 25.7 Å². The van der Waals surface area contributed by atoms with Crippen molar-refractivity contribution in [3.63, 3.8) is 0 Å². The van der Waals surface area contributed by atoms with Gasteiger partial charge in [0.2, 0.25) is 10.0 Å². The molecule has 1 saturated carbocycles. The summed E-state index contributed by atoms with van der Waals surface area (Å²) < 4.78 is 26.4. The van der Waals surface area contributed by atoms with Gasteiger partial charge in [-0.3, -0.25) is 0 Å². The molecule has 1 heterocycles. The van der Waals surface area contributed by atoms with Crippen LogP contribution < -0.4 is 0 Å². The van der Waals surface area contributed by atoms with Crippen LogP contribution >= 0.6 is 0 Å². The van der Waals surface area contributed by atoms with Gasteiger partial charge in [-0.15, -0.1) is 0 Å². The molecule has 1 aromatic heterocycles. The van der Waals surface area contributed by atoms with E-state index >= 15 is 0 Å². The summed E-state index contributed by atoms with van der Waals surface area (Å²) in [6, 6.07) is 1.59. The second-order valence-corrected chi connectivity index (χ2v) is 6.57. The van der Waals surface area contributed by atoms with E-state index < -0.39 is 10.0 Å². The van der Waals surface area contributed by atoms with Crippen LogP contribution in [0.1, 0.15) is 32.1 Å². The quantitative estimate of drug-likeness (QED) is 0.849. The van der Waals surface area contributed by atoms with Crippen LogP contribution in [0.3, 0.4) is 0 Å². The predicted molar refractivity (Wildman–Crippen MR) is 68.6 cm³/mol. The minimum Gasteiger partial charge on any atom is -0.395 e. The Kier molecular flexibility index (Phi) is 4.42. The molecule has 0 aromatic carbocycles. The zero-order valence-electron chi connectivity index (χ0n) is 10.4. The van der Waals surface area contributed by atoms with Gasteiger partial charge in [0.25, 0.3) is 0 Å². The summed E-state index contributed by atoms with van der Waals surface area (Å²) in [6.45, 7) is 0.0400. The molecule has 1 aliphatic carbocycles. The lowest BCUT2D eigenvalue weighted by Crippen LogP contribution is -2.42. The highest BCUT2D eigenvalue weighted by Gasteiger charge is 2.31. The lowest BCUT2D eigenvalue weighted by atomic mass is 9.95. The molecule has 2 N–H and O–H groups in total. The maximum absolute atomic E-state index is 12.5. The summed E-state index contributed by atoms with van der Waals surface area (Å²) in [6.07, 6.45) is 8.18. The highest BCUT2D eigenvalue weighted by molar-refractivity contribution is 7.89. The van der Waals surface area contributed by atoms with Gasteiger partial charge in [-0.05, 0) is 18.9 Å². The normalized spacial score (nSPS) is 18.3. The molecular weight excluding hydrogens is 252 g/mol. The third-order valence-corrected chi connectivity index (χ3v) is 5.43. The van der Waals surface area contributed by atoms with Crippen LogP contribution in [0.15, 0.2) is 23.4 Å². The van der Waals surface area contributed by atoms with Crippen molar-refractivity contribution in [1.82, 2.24) is 9.29 Å². The maximum Gasteiger partial charge on any atom is 0.244 e. The molecule has 18 heavy (non-hydrogen) atoms. The summed E-state index contributed by atoms with van der Waals surface area (Å²) in [4.78, 5) is 3.05. The Morgan fingerprint density at radius 2 is 2.06 bits per heavy atom. The number of aromatic amines is 1. The topological polar surface area (TPSA) is 73.4 Å². The van der Waals surface area contributed by atoms with Gasteiger partial charge >= 0.3 is 0 Å². The van der Waals surface area contributed by atoms with Gasteiger partial charge in [0.15, 0.2) is 0 Å². The predicted octanol–water partition coefficient (Wildman–Crippen LogP) is 1.33. The Morgan fingerprint density at radius 3 is 2.61 bits per heavy atom. The molecule has 0 aliphatic heterocycles. The zero-order chi connectivity index (χ0) is 13.0. The minimum atomic E-state index is -3.48. The molecule has 1 aromatic rings. The van der Waals surface area contributed by atoms with Gasteiger partial charge in [-0.1, -0.05) is 19.3 Å². The molecule has 0 atom stereocenters. The smallest absolute Gasteiger partial charge is 0.244 e. The van der Waals surface area contributed by atoms with Crippen LogP contribution in [0.25, 0.3) is 0 Å². The van der Waals surface area contributed by atoms with Crippen molar-refractivity contribution >= 4 is 10.0 Å². The molecule has 0 radical (unpaired) electrons. The summed E-state index contributed by atoms with van der Waals surface area (Å²) in [5.74, 6) is 0. The first-order chi connectivity index (χ1) is 8.66. The molecular formula is C12H20N2O3S. The van der Waals surface area contributed by atoms with Gasteiger partial charge < -0.3 is 10.1 Å². The van der Waals surface area contributed by atoms with Gasteiger partial charge in [0.05, 0.1) is 11.5 Å². The van der Waals surface area contributed by atoms with E-state index in [1.54, 1.807) is 12.3 Å². The summed E-state index contributed by atoms with van der Waals surface area (Å²) in [5, 5.41) is 9.11. The molecule has 6 heteroatoms. The van der Waals surface area contributed by atoms with E-state index in [0.29, 0.717) is 0 Å². The van der Waals surface area contributed by atoms with Crippen molar-refractivity contribution in [2.24, 2.45) is 0 Å². The average molecular weight is 272 g/mol. The minimum absolute atomic E-state index is 0.0331. The number of sulfonamides is 1. The van der Waals surface area contributed by atoms with Crippen LogP contribution in [0.4, 0.5) is 0 Å². The van der Waals surface area contributed by atoms with Crippen molar-refractivity contribution < 1.29 is 13.5 Å². The number of H-pyrrole nitrogens is 1. The third kappa shape index (κ3) is 2.76. The standard InChI is InChI=1S/C12H20N2O3S/c15-9-8-14(11-4-2-1-3-5-11)18(16,17)12-6-7-13-10-12/h6-7,10-11,13,15H,1-5,8-9H2. The van der Waals surface area contributed by atoms with E-state index in [2.05, 4.69) is 4.98 Å². The Hall–Kier alpha value is -0.850. The van der Waals surface area contributed by atoms with Gasteiger partial charge in [0.1, 0.15) is 0 Å². The molecule has 0 spiro atoms. The lowest BCUT2D eigenvalue weighted by Gasteiger charge is -2.32. The zero-order valence-corrected chi connectivity index (χ0v) is 11.2. The molecule has 2 rings (SSSR count). The highest BCUT2D eigenvalue weighted by atomic mass is 32.2. The number of aromatic nitrogens is 1. The lowest BCUT2D eigenvalue weighted by molar-refractivity contribution is 0.199. The molecule has 0 bridgehead atoms. The molecule has 0 saturated heterocycles. The number of aliphatic hydroxyl groups excluding tert-OH is 1. The fourth-order valence-electron chi connectivity index (χ4n) is 2.57. The summed E-state index contributed by atoms with van der Waals surface area (Å²) in [7, 11) is -3.48. The Bertz CT molecular complexity index is 450. The Labute approximate surface area is 108 Å². The van der Waals surface area contributed by atoms with Crippen LogP contribution in [0.2, 0.25) is 0 Å². The molecule has 0 amide bonds. The van der Waals surface area contributed by atoms with Crippen molar-refractivity contribution in [2.45, 2.75) is 43.0 Å². The van der Waals surface area contributed by atoms with E-state index in [9.17, 15) is 8.42 Å². The summed E-state index contributed by atoms with van der Waals surface area (Å²) >= 11 is 0. The number of rotatable bonds is 5. The van der Waals surface area contributed by atoms with E-state index in [1.807, 2.05) is 0 Å². The van der Waals surface area contributed by atoms with Crippen LogP contribution in [0, 0.1) is 0 Å². The number of nitrogens with one attached hydrogen (secondary N) is 1. The second kappa shape index (κ2) is 5.86. The SMILES string of the molecule is O=S(=O)(c1cc[nH]c1)N(CCO)C1CCCCC1. The van der Waals surface area contributed by atoms with Crippen molar-refractivity contribution in [1.29, 1.82) is 0 Å². The second-order valence-electron chi connectivity index (χ2n) is 4.68. The van der Waals surface area contributed by atoms with Crippen molar-refractivity contribution in [3.05, 3.63) is 18.5 Å². The molecule has 1 aliphatic rings. The van der Waals surface area contributed by atoms with Crippen molar-refractivity contribution in [3.8, 4) is 0 Å². The first-order valence-corrected chi connectivity index (χ1v) is 7.86. The molecule has 102 valence electrons. The largest absolute Gasteiger partial charge is 0.395 e. The van der Waals surface area contributed by atoms with Crippen LogP contribution in [0.5, 0.6) is 0 Å². The highest BCUT2D eigenvalue weighted by Crippen LogP contribution is 2.27. The molecule has 5 nitrogen and oxygen atoms in total. The van der Waals surface area contributed by atoms with Crippen LogP contribution in [-0.2, 0) is 10.0 Å².